The normalized spacial score (nSPS) is 30.2. The molecule has 82 valence electrons. The van der Waals surface area contributed by atoms with Gasteiger partial charge in [0.15, 0.2) is 0 Å². The van der Waals surface area contributed by atoms with Crippen molar-refractivity contribution in [1.82, 2.24) is 10.2 Å². The zero-order valence-electron chi connectivity index (χ0n) is 9.17. The minimum Gasteiger partial charge on any atom is -0.381 e. The van der Waals surface area contributed by atoms with Gasteiger partial charge in [-0.3, -0.25) is 0 Å². The average molecular weight is 198 g/mol. The van der Waals surface area contributed by atoms with Crippen molar-refractivity contribution in [3.63, 3.8) is 0 Å². The Kier molecular flexibility index (Phi) is 3.79. The van der Waals surface area contributed by atoms with Crippen LogP contribution in [-0.4, -0.2) is 51.3 Å². The molecule has 2 rings (SSSR count). The van der Waals surface area contributed by atoms with Gasteiger partial charge in [0.25, 0.3) is 0 Å². The molecule has 1 atom stereocenters. The van der Waals surface area contributed by atoms with Gasteiger partial charge in [-0.15, -0.1) is 0 Å². The summed E-state index contributed by atoms with van der Waals surface area (Å²) in [5.41, 5.74) is 0. The standard InChI is InChI=1S/C11H22N2O/c1-13-5-4-12-6-11(7-13)9-14-8-10-2-3-10/h10-12H,2-9H2,1H3/t11-/m0/s1. The third-order valence-electron chi connectivity index (χ3n) is 3.08. The highest BCUT2D eigenvalue weighted by atomic mass is 16.5. The summed E-state index contributed by atoms with van der Waals surface area (Å²) in [6, 6.07) is 0. The van der Waals surface area contributed by atoms with Crippen molar-refractivity contribution in [3.05, 3.63) is 0 Å². The molecule has 2 fully saturated rings. The molecule has 0 aromatic carbocycles. The molecule has 1 aliphatic carbocycles. The van der Waals surface area contributed by atoms with Gasteiger partial charge in [0.2, 0.25) is 0 Å². The Hall–Kier alpha value is -0.120. The number of likely N-dealkylation sites (N-methyl/N-ethyl adjacent to an activating group) is 1. The fourth-order valence-electron chi connectivity index (χ4n) is 1.97. The van der Waals surface area contributed by atoms with Gasteiger partial charge < -0.3 is 15.0 Å². The quantitative estimate of drug-likeness (QED) is 0.714. The van der Waals surface area contributed by atoms with Gasteiger partial charge in [-0.1, -0.05) is 0 Å². The summed E-state index contributed by atoms with van der Waals surface area (Å²) in [5.74, 6) is 1.58. The molecular weight excluding hydrogens is 176 g/mol. The number of hydrogen-bond donors (Lipinski definition) is 1. The fourth-order valence-corrected chi connectivity index (χ4v) is 1.97. The van der Waals surface area contributed by atoms with Crippen molar-refractivity contribution in [1.29, 1.82) is 0 Å². The molecule has 1 saturated heterocycles. The van der Waals surface area contributed by atoms with E-state index in [1.807, 2.05) is 0 Å². The first-order chi connectivity index (χ1) is 6.84. The van der Waals surface area contributed by atoms with Crippen molar-refractivity contribution in [3.8, 4) is 0 Å². The lowest BCUT2D eigenvalue weighted by Gasteiger charge is -2.19. The SMILES string of the molecule is CN1CCNC[C@H](COCC2CC2)C1. The molecule has 0 bridgehead atoms. The molecule has 1 saturated carbocycles. The minimum atomic E-state index is 0.682. The molecular formula is C11H22N2O. The fraction of sp³-hybridized carbons (Fsp3) is 1.00. The molecule has 0 unspecified atom stereocenters. The Morgan fingerprint density at radius 3 is 2.86 bits per heavy atom. The van der Waals surface area contributed by atoms with Gasteiger partial charge in [0, 0.05) is 38.7 Å². The highest BCUT2D eigenvalue weighted by Crippen LogP contribution is 2.28. The van der Waals surface area contributed by atoms with E-state index in [0.29, 0.717) is 5.92 Å². The van der Waals surface area contributed by atoms with Crippen LogP contribution in [0.15, 0.2) is 0 Å². The molecule has 3 nitrogen and oxygen atoms in total. The van der Waals surface area contributed by atoms with Gasteiger partial charge in [-0.2, -0.15) is 0 Å². The van der Waals surface area contributed by atoms with Crippen LogP contribution in [0.3, 0.4) is 0 Å². The van der Waals surface area contributed by atoms with E-state index in [2.05, 4.69) is 17.3 Å². The summed E-state index contributed by atoms with van der Waals surface area (Å²) in [7, 11) is 2.20. The van der Waals surface area contributed by atoms with Crippen LogP contribution in [0, 0.1) is 11.8 Å². The average Bonchev–Trinajstić information content (AvgIpc) is 2.94. The van der Waals surface area contributed by atoms with E-state index in [9.17, 15) is 0 Å². The first kappa shape index (κ1) is 10.4. The topological polar surface area (TPSA) is 24.5 Å². The third kappa shape index (κ3) is 3.56. The van der Waals surface area contributed by atoms with Crippen molar-refractivity contribution in [2.75, 3.05) is 46.4 Å². The van der Waals surface area contributed by atoms with E-state index in [1.54, 1.807) is 0 Å². The molecule has 14 heavy (non-hydrogen) atoms. The van der Waals surface area contributed by atoms with E-state index < -0.39 is 0 Å². The minimum absolute atomic E-state index is 0.682. The highest BCUT2D eigenvalue weighted by Gasteiger charge is 2.22. The van der Waals surface area contributed by atoms with Gasteiger partial charge >= 0.3 is 0 Å². The van der Waals surface area contributed by atoms with Crippen molar-refractivity contribution < 1.29 is 4.74 Å². The molecule has 2 aliphatic rings. The van der Waals surface area contributed by atoms with Gasteiger partial charge in [0.1, 0.15) is 0 Å². The molecule has 0 aromatic rings. The first-order valence-electron chi connectivity index (χ1n) is 5.81. The smallest absolute Gasteiger partial charge is 0.0518 e. The maximum Gasteiger partial charge on any atom is 0.0518 e. The van der Waals surface area contributed by atoms with Gasteiger partial charge in [-0.25, -0.2) is 0 Å². The van der Waals surface area contributed by atoms with Gasteiger partial charge in [0.05, 0.1) is 6.61 Å². The molecule has 0 aromatic heterocycles. The molecule has 0 amide bonds. The molecule has 0 spiro atoms. The Labute approximate surface area is 86.8 Å². The number of nitrogens with one attached hydrogen (secondary N) is 1. The van der Waals surface area contributed by atoms with Crippen LogP contribution in [0.5, 0.6) is 0 Å². The summed E-state index contributed by atoms with van der Waals surface area (Å²) < 4.78 is 5.73. The molecule has 1 N–H and O–H groups in total. The summed E-state index contributed by atoms with van der Waals surface area (Å²) in [6.45, 7) is 6.52. The molecule has 1 heterocycles. The van der Waals surface area contributed by atoms with Crippen molar-refractivity contribution in [2.45, 2.75) is 12.8 Å². The zero-order valence-corrected chi connectivity index (χ0v) is 9.17. The molecule has 3 heteroatoms. The molecule has 1 aliphatic heterocycles. The number of hydrogen-bond acceptors (Lipinski definition) is 3. The lowest BCUT2D eigenvalue weighted by molar-refractivity contribution is 0.0838. The van der Waals surface area contributed by atoms with E-state index in [4.69, 9.17) is 4.74 Å². The monoisotopic (exact) mass is 198 g/mol. The largest absolute Gasteiger partial charge is 0.381 e. The van der Waals surface area contributed by atoms with Gasteiger partial charge in [-0.05, 0) is 25.8 Å². The van der Waals surface area contributed by atoms with Crippen molar-refractivity contribution in [2.24, 2.45) is 11.8 Å². The first-order valence-corrected chi connectivity index (χ1v) is 5.81. The maximum absolute atomic E-state index is 5.73. The van der Waals surface area contributed by atoms with E-state index in [1.165, 1.54) is 25.9 Å². The second-order valence-electron chi connectivity index (χ2n) is 4.81. The third-order valence-corrected chi connectivity index (χ3v) is 3.08. The second-order valence-corrected chi connectivity index (χ2v) is 4.81. The van der Waals surface area contributed by atoms with Crippen LogP contribution in [-0.2, 0) is 4.74 Å². The predicted octanol–water partition coefficient (Wildman–Crippen LogP) is 0.564. The van der Waals surface area contributed by atoms with Crippen LogP contribution >= 0.6 is 0 Å². The Morgan fingerprint density at radius 1 is 1.29 bits per heavy atom. The lowest BCUT2D eigenvalue weighted by atomic mass is 10.1. The Morgan fingerprint density at radius 2 is 2.07 bits per heavy atom. The summed E-state index contributed by atoms with van der Waals surface area (Å²) >= 11 is 0. The van der Waals surface area contributed by atoms with E-state index >= 15 is 0 Å². The Bertz CT molecular complexity index is 171. The maximum atomic E-state index is 5.73. The second kappa shape index (κ2) is 5.10. The number of rotatable bonds is 4. The highest BCUT2D eigenvalue weighted by molar-refractivity contribution is 4.74. The van der Waals surface area contributed by atoms with E-state index in [-0.39, 0.29) is 0 Å². The van der Waals surface area contributed by atoms with Crippen LogP contribution in [0.2, 0.25) is 0 Å². The van der Waals surface area contributed by atoms with Crippen LogP contribution in [0.4, 0.5) is 0 Å². The van der Waals surface area contributed by atoms with E-state index in [0.717, 1.165) is 32.2 Å². The lowest BCUT2D eigenvalue weighted by Crippen LogP contribution is -2.29. The Balaban J connectivity index is 1.61. The zero-order chi connectivity index (χ0) is 9.80. The van der Waals surface area contributed by atoms with Crippen LogP contribution in [0.25, 0.3) is 0 Å². The summed E-state index contributed by atoms with van der Waals surface area (Å²) in [5, 5.41) is 3.46. The summed E-state index contributed by atoms with van der Waals surface area (Å²) in [6.07, 6.45) is 2.78. The number of nitrogens with zero attached hydrogens (tertiary/aromatic N) is 1. The number of ether oxygens (including phenoxy) is 1. The summed E-state index contributed by atoms with van der Waals surface area (Å²) in [4.78, 5) is 2.39. The predicted molar refractivity (Wildman–Crippen MR) is 57.4 cm³/mol. The van der Waals surface area contributed by atoms with Crippen LogP contribution in [0.1, 0.15) is 12.8 Å². The van der Waals surface area contributed by atoms with Crippen molar-refractivity contribution >= 4 is 0 Å². The molecule has 0 radical (unpaired) electrons. The van der Waals surface area contributed by atoms with Crippen LogP contribution < -0.4 is 5.32 Å².